The molecule has 0 fully saturated rings. The van der Waals surface area contributed by atoms with Gasteiger partial charge in [0, 0.05) is 6.20 Å². The molecular formula is C22H38N. The zero-order chi connectivity index (χ0) is 16.4. The molecule has 1 rings (SSSR count). The van der Waals surface area contributed by atoms with Gasteiger partial charge in [0.15, 0.2) is 0 Å². The summed E-state index contributed by atoms with van der Waals surface area (Å²) in [6.07, 6.45) is 31.5. The minimum atomic E-state index is 1.09. The van der Waals surface area contributed by atoms with Gasteiger partial charge < -0.3 is 0 Å². The lowest BCUT2D eigenvalue weighted by Crippen LogP contribution is -1.86. The summed E-state index contributed by atoms with van der Waals surface area (Å²) in [7, 11) is 0. The van der Waals surface area contributed by atoms with Crippen LogP contribution in [-0.4, -0.2) is 0 Å². The lowest BCUT2D eigenvalue weighted by molar-refractivity contribution is 0.536. The molecule has 0 unspecified atom stereocenters. The van der Waals surface area contributed by atoms with Gasteiger partial charge in [-0.1, -0.05) is 96.5 Å². The molecule has 0 aromatic heterocycles. The Morgan fingerprint density at radius 1 is 0.739 bits per heavy atom. The molecule has 1 heteroatoms. The summed E-state index contributed by atoms with van der Waals surface area (Å²) < 4.78 is 0. The van der Waals surface area contributed by atoms with Gasteiger partial charge in [0.1, 0.15) is 0 Å². The first-order valence-corrected chi connectivity index (χ1v) is 10.2. The van der Waals surface area contributed by atoms with Crippen molar-refractivity contribution in [1.82, 2.24) is 5.32 Å². The van der Waals surface area contributed by atoms with E-state index in [2.05, 4.69) is 30.5 Å². The molecule has 0 saturated carbocycles. The summed E-state index contributed by atoms with van der Waals surface area (Å²) in [5.41, 5.74) is 1.09. The highest BCUT2D eigenvalue weighted by molar-refractivity contribution is 5.28. The Morgan fingerprint density at radius 3 is 1.74 bits per heavy atom. The van der Waals surface area contributed by atoms with Gasteiger partial charge in [0.25, 0.3) is 0 Å². The second kappa shape index (κ2) is 15.9. The monoisotopic (exact) mass is 316 g/mol. The van der Waals surface area contributed by atoms with Gasteiger partial charge in [0.05, 0.1) is 5.70 Å². The van der Waals surface area contributed by atoms with Gasteiger partial charge in [-0.05, 0) is 31.1 Å². The van der Waals surface area contributed by atoms with Crippen LogP contribution in [0.1, 0.15) is 103 Å². The van der Waals surface area contributed by atoms with Crippen LogP contribution in [0.25, 0.3) is 0 Å². The van der Waals surface area contributed by atoms with Gasteiger partial charge in [-0.3, -0.25) is 5.32 Å². The molecule has 0 aromatic carbocycles. The first-order valence-electron chi connectivity index (χ1n) is 10.2. The highest BCUT2D eigenvalue weighted by Crippen LogP contribution is 2.13. The molecule has 1 heterocycles. The molecule has 1 radical (unpaired) electrons. The first kappa shape index (κ1) is 20.1. The Kier molecular flexibility index (Phi) is 13.9. The maximum absolute atomic E-state index is 4.24. The third-order valence-corrected chi connectivity index (χ3v) is 4.59. The lowest BCUT2D eigenvalue weighted by Gasteiger charge is -2.02. The van der Waals surface area contributed by atoms with Gasteiger partial charge in [0.2, 0.25) is 0 Å². The normalized spacial score (nSPS) is 13.7. The second-order valence-electron chi connectivity index (χ2n) is 6.85. The molecule has 1 aliphatic heterocycles. The molecule has 0 amide bonds. The van der Waals surface area contributed by atoms with Crippen molar-refractivity contribution in [2.45, 2.75) is 103 Å². The van der Waals surface area contributed by atoms with Crippen LogP contribution in [-0.2, 0) is 0 Å². The topological polar surface area (TPSA) is 14.1 Å². The van der Waals surface area contributed by atoms with Crippen molar-refractivity contribution >= 4 is 0 Å². The molecule has 131 valence electrons. The fourth-order valence-corrected chi connectivity index (χ4v) is 3.07. The van der Waals surface area contributed by atoms with Gasteiger partial charge in [-0.15, -0.1) is 0 Å². The molecule has 0 aromatic rings. The van der Waals surface area contributed by atoms with Crippen LogP contribution in [0.15, 0.2) is 36.2 Å². The van der Waals surface area contributed by atoms with Crippen molar-refractivity contribution in [2.24, 2.45) is 0 Å². The molecule has 0 aliphatic carbocycles. The van der Waals surface area contributed by atoms with E-state index in [1.807, 2.05) is 12.3 Å². The molecule has 0 N–H and O–H groups in total. The van der Waals surface area contributed by atoms with E-state index in [0.717, 1.165) is 5.70 Å². The SMILES string of the molecule is CCCCCCCCCCCCCCCC/C=C/C1=CC=C[N]1. The summed E-state index contributed by atoms with van der Waals surface area (Å²) in [6, 6.07) is 0. The summed E-state index contributed by atoms with van der Waals surface area (Å²) >= 11 is 0. The molecule has 1 nitrogen and oxygen atoms in total. The van der Waals surface area contributed by atoms with Crippen LogP contribution in [0.4, 0.5) is 0 Å². The Morgan fingerprint density at radius 2 is 1.26 bits per heavy atom. The van der Waals surface area contributed by atoms with Crippen LogP contribution in [0.5, 0.6) is 0 Å². The summed E-state index contributed by atoms with van der Waals surface area (Å²) in [5.74, 6) is 0. The Bertz CT molecular complexity index is 338. The predicted octanol–water partition coefficient (Wildman–Crippen LogP) is 7.43. The Balaban J connectivity index is 1.70. The Hall–Kier alpha value is -0.980. The second-order valence-corrected chi connectivity index (χ2v) is 6.85. The minimum Gasteiger partial charge on any atom is -0.257 e. The smallest absolute Gasteiger partial charge is 0.0626 e. The van der Waals surface area contributed by atoms with Crippen LogP contribution in [0.3, 0.4) is 0 Å². The maximum Gasteiger partial charge on any atom is 0.0626 e. The standard InChI is InChI=1S/C22H38N/c1-2-3-4-5-6-7-8-9-10-11-12-13-14-15-16-17-19-22-20-18-21-23-22/h17-21H,2-16H2,1H3/b19-17+. The zero-order valence-electron chi connectivity index (χ0n) is 15.4. The number of hydrogen-bond donors (Lipinski definition) is 0. The molecule has 0 spiro atoms. The van der Waals surface area contributed by atoms with Crippen molar-refractivity contribution in [3.63, 3.8) is 0 Å². The zero-order valence-corrected chi connectivity index (χ0v) is 15.4. The highest BCUT2D eigenvalue weighted by atomic mass is 14.9. The molecule has 0 atom stereocenters. The van der Waals surface area contributed by atoms with Gasteiger partial charge >= 0.3 is 0 Å². The van der Waals surface area contributed by atoms with Gasteiger partial charge in [-0.25, -0.2) is 0 Å². The summed E-state index contributed by atoms with van der Waals surface area (Å²) in [6.45, 7) is 2.29. The number of nitrogens with zero attached hydrogens (tertiary/aromatic N) is 1. The van der Waals surface area contributed by atoms with Crippen molar-refractivity contribution in [2.75, 3.05) is 0 Å². The van der Waals surface area contributed by atoms with Crippen LogP contribution >= 0.6 is 0 Å². The van der Waals surface area contributed by atoms with Gasteiger partial charge in [-0.2, -0.15) is 0 Å². The Labute approximate surface area is 145 Å². The van der Waals surface area contributed by atoms with E-state index < -0.39 is 0 Å². The van der Waals surface area contributed by atoms with E-state index in [-0.39, 0.29) is 0 Å². The number of hydrogen-bond acceptors (Lipinski definition) is 0. The average molecular weight is 317 g/mol. The maximum atomic E-state index is 4.24. The fourth-order valence-electron chi connectivity index (χ4n) is 3.07. The largest absolute Gasteiger partial charge is 0.257 e. The van der Waals surface area contributed by atoms with Crippen molar-refractivity contribution < 1.29 is 0 Å². The van der Waals surface area contributed by atoms with E-state index in [1.54, 1.807) is 0 Å². The third-order valence-electron chi connectivity index (χ3n) is 4.59. The first-order chi connectivity index (χ1) is 11.4. The molecule has 0 bridgehead atoms. The van der Waals surface area contributed by atoms with E-state index in [9.17, 15) is 0 Å². The lowest BCUT2D eigenvalue weighted by atomic mass is 10.0. The van der Waals surface area contributed by atoms with Crippen LogP contribution < -0.4 is 5.32 Å². The van der Waals surface area contributed by atoms with Crippen molar-refractivity contribution in [3.8, 4) is 0 Å². The summed E-state index contributed by atoms with van der Waals surface area (Å²) in [4.78, 5) is 0. The third kappa shape index (κ3) is 13.2. The molecular weight excluding hydrogens is 278 g/mol. The number of allylic oxidation sites excluding steroid dienone is 4. The quantitative estimate of drug-likeness (QED) is 0.263. The van der Waals surface area contributed by atoms with E-state index in [1.165, 1.54) is 96.3 Å². The minimum absolute atomic E-state index is 1.09. The molecule has 23 heavy (non-hydrogen) atoms. The van der Waals surface area contributed by atoms with Crippen LogP contribution in [0, 0.1) is 0 Å². The predicted molar refractivity (Wildman–Crippen MR) is 103 cm³/mol. The van der Waals surface area contributed by atoms with E-state index >= 15 is 0 Å². The average Bonchev–Trinajstić information content (AvgIpc) is 3.08. The summed E-state index contributed by atoms with van der Waals surface area (Å²) in [5, 5.41) is 4.24. The van der Waals surface area contributed by atoms with E-state index in [0.29, 0.717) is 0 Å². The van der Waals surface area contributed by atoms with Crippen molar-refractivity contribution in [1.29, 1.82) is 0 Å². The van der Waals surface area contributed by atoms with Crippen LogP contribution in [0.2, 0.25) is 0 Å². The highest BCUT2D eigenvalue weighted by Gasteiger charge is 1.95. The molecule has 0 saturated heterocycles. The number of rotatable bonds is 16. The number of unbranched alkanes of at least 4 members (excludes halogenated alkanes) is 14. The van der Waals surface area contributed by atoms with Crippen molar-refractivity contribution in [3.05, 3.63) is 36.2 Å². The molecule has 1 aliphatic rings. The van der Waals surface area contributed by atoms with E-state index in [4.69, 9.17) is 0 Å². The fraction of sp³-hybridized carbons (Fsp3) is 0.727.